The maximum atomic E-state index is 12.9. The lowest BCUT2D eigenvalue weighted by molar-refractivity contribution is 0.102. The van der Waals surface area contributed by atoms with Crippen LogP contribution in [0.15, 0.2) is 54.6 Å². The number of benzene rings is 3. The minimum absolute atomic E-state index is 0.270. The third kappa shape index (κ3) is 2.95. The number of fused-ring (bicyclic) bond motifs is 3. The van der Waals surface area contributed by atoms with Crippen LogP contribution in [0.25, 0.3) is 11.1 Å². The van der Waals surface area contributed by atoms with Crippen LogP contribution in [0.2, 0.25) is 0 Å². The van der Waals surface area contributed by atoms with Crippen LogP contribution < -0.4 is 19.5 Å². The van der Waals surface area contributed by atoms with Crippen LogP contribution in [-0.2, 0) is 6.42 Å². The van der Waals surface area contributed by atoms with E-state index in [4.69, 9.17) is 14.2 Å². The Morgan fingerprint density at radius 3 is 2.32 bits per heavy atom. The summed E-state index contributed by atoms with van der Waals surface area (Å²) in [7, 11) is 4.56. The summed E-state index contributed by atoms with van der Waals surface area (Å²) in [6.45, 7) is 0. The quantitative estimate of drug-likeness (QED) is 0.557. The summed E-state index contributed by atoms with van der Waals surface area (Å²) in [4.78, 5) is 12.9. The van der Waals surface area contributed by atoms with E-state index >= 15 is 0 Å². The Morgan fingerprint density at radius 2 is 1.57 bits per heavy atom. The number of ether oxygens (including phenoxy) is 3. The van der Waals surface area contributed by atoms with Crippen molar-refractivity contribution < 1.29 is 19.0 Å². The third-order valence-electron chi connectivity index (χ3n) is 5.00. The summed E-state index contributed by atoms with van der Waals surface area (Å²) in [5, 5.41) is 2.96. The van der Waals surface area contributed by atoms with Gasteiger partial charge in [0.05, 0.1) is 26.9 Å². The van der Waals surface area contributed by atoms with Gasteiger partial charge in [-0.05, 0) is 52.9 Å². The Bertz CT molecular complexity index is 1060. The number of carbonyl (C=O) groups excluding carboxylic acids is 1. The van der Waals surface area contributed by atoms with Crippen molar-refractivity contribution in [3.05, 3.63) is 71.3 Å². The molecule has 4 rings (SSSR count). The molecule has 142 valence electrons. The first-order valence-electron chi connectivity index (χ1n) is 8.97. The number of amides is 1. The Hall–Kier alpha value is -3.47. The van der Waals surface area contributed by atoms with E-state index in [2.05, 4.69) is 29.6 Å². The molecule has 1 aliphatic carbocycles. The molecule has 0 unspecified atom stereocenters. The number of methoxy groups -OCH3 is 3. The van der Waals surface area contributed by atoms with Crippen molar-refractivity contribution >= 4 is 11.6 Å². The Morgan fingerprint density at radius 1 is 0.821 bits per heavy atom. The summed E-state index contributed by atoms with van der Waals surface area (Å²) in [5.41, 5.74) is 6.12. The molecule has 0 radical (unpaired) electrons. The van der Waals surface area contributed by atoms with Crippen LogP contribution >= 0.6 is 0 Å². The average Bonchev–Trinajstić information content (AvgIpc) is 3.10. The van der Waals surface area contributed by atoms with Crippen LogP contribution in [0.4, 0.5) is 5.69 Å². The van der Waals surface area contributed by atoms with E-state index in [1.54, 1.807) is 19.2 Å². The fourth-order valence-electron chi connectivity index (χ4n) is 3.70. The van der Waals surface area contributed by atoms with Gasteiger partial charge < -0.3 is 19.5 Å². The van der Waals surface area contributed by atoms with E-state index in [1.165, 1.54) is 36.5 Å². The smallest absolute Gasteiger partial charge is 0.259 e. The highest BCUT2D eigenvalue weighted by Gasteiger charge is 2.22. The van der Waals surface area contributed by atoms with Gasteiger partial charge in [-0.1, -0.05) is 30.3 Å². The van der Waals surface area contributed by atoms with Gasteiger partial charge in [-0.15, -0.1) is 0 Å². The van der Waals surface area contributed by atoms with Crippen molar-refractivity contribution in [2.45, 2.75) is 6.42 Å². The zero-order valence-electron chi connectivity index (χ0n) is 16.0. The van der Waals surface area contributed by atoms with Crippen molar-refractivity contribution in [2.75, 3.05) is 26.6 Å². The van der Waals surface area contributed by atoms with Crippen molar-refractivity contribution in [2.24, 2.45) is 0 Å². The van der Waals surface area contributed by atoms with Gasteiger partial charge in [0.2, 0.25) is 5.75 Å². The van der Waals surface area contributed by atoms with Gasteiger partial charge in [-0.25, -0.2) is 0 Å². The van der Waals surface area contributed by atoms with Gasteiger partial charge in [-0.2, -0.15) is 0 Å². The molecule has 1 amide bonds. The molecule has 0 saturated heterocycles. The molecule has 28 heavy (non-hydrogen) atoms. The number of carbonyl (C=O) groups is 1. The van der Waals surface area contributed by atoms with Crippen LogP contribution in [0.3, 0.4) is 0 Å². The molecule has 1 aliphatic rings. The zero-order valence-corrected chi connectivity index (χ0v) is 16.0. The minimum atomic E-state index is -0.270. The van der Waals surface area contributed by atoms with E-state index in [0.29, 0.717) is 22.8 Å². The summed E-state index contributed by atoms with van der Waals surface area (Å²) in [6.07, 6.45) is 0.870. The lowest BCUT2D eigenvalue weighted by Gasteiger charge is -2.15. The topological polar surface area (TPSA) is 56.8 Å². The van der Waals surface area contributed by atoms with E-state index in [0.717, 1.165) is 12.1 Å². The second-order valence-electron chi connectivity index (χ2n) is 6.54. The summed E-state index contributed by atoms with van der Waals surface area (Å²) < 4.78 is 16.1. The molecule has 5 nitrogen and oxygen atoms in total. The fraction of sp³-hybridized carbons (Fsp3) is 0.174. The first-order chi connectivity index (χ1) is 13.7. The zero-order chi connectivity index (χ0) is 19.7. The van der Waals surface area contributed by atoms with Crippen LogP contribution in [0.5, 0.6) is 17.2 Å². The predicted molar refractivity (Wildman–Crippen MR) is 109 cm³/mol. The summed E-state index contributed by atoms with van der Waals surface area (Å²) in [6, 6.07) is 17.7. The van der Waals surface area contributed by atoms with Crippen molar-refractivity contribution in [3.8, 4) is 28.4 Å². The number of anilines is 1. The maximum absolute atomic E-state index is 12.9. The van der Waals surface area contributed by atoms with Gasteiger partial charge in [0.1, 0.15) is 0 Å². The largest absolute Gasteiger partial charge is 0.493 e. The van der Waals surface area contributed by atoms with E-state index in [-0.39, 0.29) is 5.91 Å². The first-order valence-corrected chi connectivity index (χ1v) is 8.97. The highest BCUT2D eigenvalue weighted by Crippen LogP contribution is 2.40. The SMILES string of the molecule is COc1ccc(C(=O)Nc2ccc3c(c2)Cc2ccccc2-3)c(OC)c1OC. The van der Waals surface area contributed by atoms with E-state index < -0.39 is 0 Å². The number of nitrogens with one attached hydrogen (secondary N) is 1. The van der Waals surface area contributed by atoms with Gasteiger partial charge in [0.15, 0.2) is 11.5 Å². The Balaban J connectivity index is 1.63. The first kappa shape index (κ1) is 17.9. The number of hydrogen-bond donors (Lipinski definition) is 1. The summed E-state index contributed by atoms with van der Waals surface area (Å²) in [5.74, 6) is 0.967. The molecule has 0 spiro atoms. The van der Waals surface area contributed by atoms with Gasteiger partial charge >= 0.3 is 0 Å². The standard InChI is InChI=1S/C23H21NO4/c1-26-20-11-10-19(21(27-2)22(20)28-3)23(25)24-16-8-9-18-15(13-16)12-14-6-4-5-7-17(14)18/h4-11,13H,12H2,1-3H3,(H,24,25). The molecule has 3 aromatic carbocycles. The van der Waals surface area contributed by atoms with Gasteiger partial charge in [0, 0.05) is 5.69 Å². The lowest BCUT2D eigenvalue weighted by Crippen LogP contribution is -2.14. The van der Waals surface area contributed by atoms with E-state index in [1.807, 2.05) is 18.2 Å². The molecule has 0 saturated carbocycles. The molecule has 0 atom stereocenters. The average molecular weight is 375 g/mol. The normalized spacial score (nSPS) is 11.4. The monoisotopic (exact) mass is 375 g/mol. The molecule has 0 aromatic heterocycles. The van der Waals surface area contributed by atoms with Crippen LogP contribution in [0.1, 0.15) is 21.5 Å². The minimum Gasteiger partial charge on any atom is -0.493 e. The molecular weight excluding hydrogens is 354 g/mol. The number of rotatable bonds is 5. The summed E-state index contributed by atoms with van der Waals surface area (Å²) >= 11 is 0. The van der Waals surface area contributed by atoms with Crippen LogP contribution in [0, 0.1) is 0 Å². The highest BCUT2D eigenvalue weighted by atomic mass is 16.5. The molecule has 1 N–H and O–H groups in total. The molecule has 3 aromatic rings. The lowest BCUT2D eigenvalue weighted by atomic mass is 10.1. The van der Waals surface area contributed by atoms with E-state index in [9.17, 15) is 4.79 Å². The molecule has 0 aliphatic heterocycles. The predicted octanol–water partition coefficient (Wildman–Crippen LogP) is 4.54. The third-order valence-corrected chi connectivity index (χ3v) is 5.00. The Labute approximate surface area is 163 Å². The Kier molecular flexibility index (Phi) is 4.65. The second kappa shape index (κ2) is 7.27. The molecule has 0 bridgehead atoms. The molecule has 0 fully saturated rings. The highest BCUT2D eigenvalue weighted by molar-refractivity contribution is 6.07. The molecule has 5 heteroatoms. The van der Waals surface area contributed by atoms with Gasteiger partial charge in [-0.3, -0.25) is 4.79 Å². The molecule has 0 heterocycles. The fourth-order valence-corrected chi connectivity index (χ4v) is 3.70. The van der Waals surface area contributed by atoms with Crippen molar-refractivity contribution in [3.63, 3.8) is 0 Å². The van der Waals surface area contributed by atoms with Crippen molar-refractivity contribution in [1.82, 2.24) is 0 Å². The second-order valence-corrected chi connectivity index (χ2v) is 6.54. The molecular formula is C23H21NO4. The van der Waals surface area contributed by atoms with Crippen molar-refractivity contribution in [1.29, 1.82) is 0 Å². The van der Waals surface area contributed by atoms with Crippen LogP contribution in [-0.4, -0.2) is 27.2 Å². The van der Waals surface area contributed by atoms with Gasteiger partial charge in [0.25, 0.3) is 5.91 Å². The number of hydrogen-bond acceptors (Lipinski definition) is 4. The maximum Gasteiger partial charge on any atom is 0.259 e.